The largest absolute Gasteiger partial charge is 0.443 e. The molecule has 132 valence electrons. The first-order chi connectivity index (χ1) is 11.8. The van der Waals surface area contributed by atoms with Gasteiger partial charge in [-0.15, -0.1) is 0 Å². The molecule has 7 nitrogen and oxygen atoms in total. The molecule has 1 unspecified atom stereocenters. The number of hydrogen-bond donors (Lipinski definition) is 1. The predicted molar refractivity (Wildman–Crippen MR) is 81.8 cm³/mol. The molecule has 3 aromatic rings. The molecule has 0 fully saturated rings. The Labute approximate surface area is 139 Å². The minimum absolute atomic E-state index is 0.116. The lowest BCUT2D eigenvalue weighted by molar-refractivity contribution is -0.174. The van der Waals surface area contributed by atoms with Crippen LogP contribution < -0.4 is 5.32 Å². The second kappa shape index (κ2) is 6.19. The number of aryl methyl sites for hydroxylation is 2. The maximum atomic E-state index is 13.2. The Morgan fingerprint density at radius 1 is 1.36 bits per heavy atom. The first kappa shape index (κ1) is 16.9. The van der Waals surface area contributed by atoms with Gasteiger partial charge in [-0.1, -0.05) is 0 Å². The number of fused-ring (bicyclic) bond motifs is 1. The Bertz CT molecular complexity index is 902. The molecule has 0 radical (unpaired) electrons. The molecule has 0 aromatic carbocycles. The van der Waals surface area contributed by atoms with Crippen molar-refractivity contribution in [2.45, 2.75) is 32.5 Å². The summed E-state index contributed by atoms with van der Waals surface area (Å²) >= 11 is 0. The highest BCUT2D eigenvalue weighted by Gasteiger charge is 2.42. The van der Waals surface area contributed by atoms with E-state index in [4.69, 9.17) is 4.42 Å². The lowest BCUT2D eigenvalue weighted by Crippen LogP contribution is -2.31. The topological polar surface area (TPSA) is 85.8 Å². The minimum atomic E-state index is -4.62. The Morgan fingerprint density at radius 2 is 2.12 bits per heavy atom. The monoisotopic (exact) mass is 353 g/mol. The number of rotatable bonds is 4. The second-order valence-electron chi connectivity index (χ2n) is 5.48. The molecule has 0 aliphatic rings. The number of carbonyl (C=O) groups is 1. The highest BCUT2D eigenvalue weighted by molar-refractivity contribution is 5.99. The van der Waals surface area contributed by atoms with Crippen LogP contribution in [0.2, 0.25) is 0 Å². The van der Waals surface area contributed by atoms with Crippen molar-refractivity contribution in [3.63, 3.8) is 0 Å². The number of furan rings is 1. The van der Waals surface area contributed by atoms with Gasteiger partial charge < -0.3 is 9.73 Å². The number of amides is 1. The van der Waals surface area contributed by atoms with E-state index in [-0.39, 0.29) is 11.5 Å². The fraction of sp³-hybridized carbons (Fsp3) is 0.333. The van der Waals surface area contributed by atoms with Crippen molar-refractivity contribution in [1.29, 1.82) is 0 Å². The molecule has 3 heterocycles. The van der Waals surface area contributed by atoms with Crippen LogP contribution in [0, 0.1) is 13.8 Å². The Kier molecular flexibility index (Phi) is 4.19. The molecule has 3 rings (SSSR count). The van der Waals surface area contributed by atoms with Crippen molar-refractivity contribution in [3.8, 4) is 0 Å². The number of alkyl halides is 3. The summed E-state index contributed by atoms with van der Waals surface area (Å²) in [6.07, 6.45) is -1.88. The maximum Gasteiger partial charge on any atom is 0.411 e. The Balaban J connectivity index is 1.85. The number of nitrogens with zero attached hydrogens (tertiary/aromatic N) is 4. The van der Waals surface area contributed by atoms with Gasteiger partial charge in [0.1, 0.15) is 17.9 Å². The smallest absolute Gasteiger partial charge is 0.411 e. The van der Waals surface area contributed by atoms with Gasteiger partial charge in [0.15, 0.2) is 6.04 Å². The van der Waals surface area contributed by atoms with Gasteiger partial charge in [0, 0.05) is 18.0 Å². The standard InChI is InChI=1S/C15H14F3N5O2/c1-8-9(2)25-14-12(8)13(19-7-20-14)22-11(24)6-10(15(16,17)18)23-5-3-4-21-23/h3-5,7,10H,6H2,1-2H3,(H,19,20,22,24). The van der Waals surface area contributed by atoms with Gasteiger partial charge in [0.05, 0.1) is 11.8 Å². The van der Waals surface area contributed by atoms with E-state index in [2.05, 4.69) is 20.4 Å². The number of hydrogen-bond acceptors (Lipinski definition) is 5. The summed E-state index contributed by atoms with van der Waals surface area (Å²) in [4.78, 5) is 20.1. The van der Waals surface area contributed by atoms with E-state index in [0.717, 1.165) is 6.20 Å². The van der Waals surface area contributed by atoms with E-state index in [1.165, 1.54) is 18.6 Å². The molecule has 10 heteroatoms. The van der Waals surface area contributed by atoms with Crippen molar-refractivity contribution < 1.29 is 22.4 Å². The van der Waals surface area contributed by atoms with E-state index in [1.807, 2.05) is 0 Å². The van der Waals surface area contributed by atoms with Crippen molar-refractivity contribution in [3.05, 3.63) is 36.1 Å². The molecule has 0 saturated heterocycles. The summed E-state index contributed by atoms with van der Waals surface area (Å²) in [5.74, 6) is -0.127. The lowest BCUT2D eigenvalue weighted by atomic mass is 10.1. The van der Waals surface area contributed by atoms with Crippen LogP contribution >= 0.6 is 0 Å². The zero-order chi connectivity index (χ0) is 18.2. The number of aromatic nitrogens is 4. The Morgan fingerprint density at radius 3 is 2.76 bits per heavy atom. The van der Waals surface area contributed by atoms with Crippen molar-refractivity contribution in [2.75, 3.05) is 5.32 Å². The van der Waals surface area contributed by atoms with Crippen LogP contribution in [0.4, 0.5) is 19.0 Å². The molecule has 1 amide bonds. The van der Waals surface area contributed by atoms with Gasteiger partial charge in [0.2, 0.25) is 11.6 Å². The van der Waals surface area contributed by atoms with Gasteiger partial charge in [-0.05, 0) is 19.9 Å². The summed E-state index contributed by atoms with van der Waals surface area (Å²) in [5.41, 5.74) is 0.977. The third-order valence-corrected chi connectivity index (χ3v) is 3.82. The average molecular weight is 353 g/mol. The first-order valence-electron chi connectivity index (χ1n) is 7.33. The van der Waals surface area contributed by atoms with Crippen molar-refractivity contribution >= 4 is 22.8 Å². The second-order valence-corrected chi connectivity index (χ2v) is 5.48. The molecule has 1 atom stereocenters. The van der Waals surface area contributed by atoms with Crippen LogP contribution in [-0.2, 0) is 4.79 Å². The molecule has 0 aliphatic heterocycles. The van der Waals surface area contributed by atoms with Gasteiger partial charge in [-0.25, -0.2) is 9.97 Å². The highest BCUT2D eigenvalue weighted by atomic mass is 19.4. The fourth-order valence-electron chi connectivity index (χ4n) is 2.46. The average Bonchev–Trinajstić information content (AvgIpc) is 3.13. The molecule has 0 spiro atoms. The number of carbonyl (C=O) groups excluding carboxylic acids is 1. The fourth-order valence-corrected chi connectivity index (χ4v) is 2.46. The normalized spacial score (nSPS) is 13.2. The predicted octanol–water partition coefficient (Wildman–Crippen LogP) is 3.17. The van der Waals surface area contributed by atoms with E-state index in [1.54, 1.807) is 13.8 Å². The number of nitrogens with one attached hydrogen (secondary N) is 1. The molecule has 0 aliphatic carbocycles. The third kappa shape index (κ3) is 3.32. The number of halogens is 3. The van der Waals surface area contributed by atoms with Crippen molar-refractivity contribution in [2.24, 2.45) is 0 Å². The van der Waals surface area contributed by atoms with E-state index in [0.29, 0.717) is 21.4 Å². The third-order valence-electron chi connectivity index (χ3n) is 3.82. The molecular formula is C15H14F3N5O2. The molecule has 0 saturated carbocycles. The zero-order valence-corrected chi connectivity index (χ0v) is 13.3. The van der Waals surface area contributed by atoms with Gasteiger partial charge >= 0.3 is 6.18 Å². The van der Waals surface area contributed by atoms with Crippen molar-refractivity contribution in [1.82, 2.24) is 19.7 Å². The quantitative estimate of drug-likeness (QED) is 0.779. The van der Waals surface area contributed by atoms with Crippen LogP contribution in [0.3, 0.4) is 0 Å². The summed E-state index contributed by atoms with van der Waals surface area (Å²) in [5, 5.41) is 6.47. The summed E-state index contributed by atoms with van der Waals surface area (Å²) in [6.45, 7) is 3.47. The van der Waals surface area contributed by atoms with Crippen LogP contribution in [0.1, 0.15) is 23.8 Å². The van der Waals surface area contributed by atoms with Gasteiger partial charge in [-0.3, -0.25) is 9.48 Å². The molecule has 1 N–H and O–H groups in total. The first-order valence-corrected chi connectivity index (χ1v) is 7.33. The molecule has 0 bridgehead atoms. The van der Waals surface area contributed by atoms with Crippen LogP contribution in [0.5, 0.6) is 0 Å². The van der Waals surface area contributed by atoms with Crippen LogP contribution in [-0.4, -0.2) is 31.8 Å². The molecule has 25 heavy (non-hydrogen) atoms. The van der Waals surface area contributed by atoms with Crippen LogP contribution in [0.15, 0.2) is 29.2 Å². The van der Waals surface area contributed by atoms with Crippen LogP contribution in [0.25, 0.3) is 11.1 Å². The summed E-state index contributed by atoms with van der Waals surface area (Å²) < 4.78 is 45.8. The molecular weight excluding hydrogens is 339 g/mol. The number of anilines is 1. The summed E-state index contributed by atoms with van der Waals surface area (Å²) in [6, 6.07) is -0.700. The zero-order valence-electron chi connectivity index (χ0n) is 13.3. The molecule has 3 aromatic heterocycles. The maximum absolute atomic E-state index is 13.2. The lowest BCUT2D eigenvalue weighted by Gasteiger charge is -2.20. The highest BCUT2D eigenvalue weighted by Crippen LogP contribution is 2.33. The minimum Gasteiger partial charge on any atom is -0.443 e. The van der Waals surface area contributed by atoms with Gasteiger partial charge in [-0.2, -0.15) is 18.3 Å². The van der Waals surface area contributed by atoms with Gasteiger partial charge in [0.25, 0.3) is 0 Å². The van der Waals surface area contributed by atoms with E-state index >= 15 is 0 Å². The SMILES string of the molecule is Cc1oc2ncnc(NC(=O)CC(n3cccn3)C(F)(F)F)c2c1C. The van der Waals surface area contributed by atoms with E-state index in [9.17, 15) is 18.0 Å². The Hall–Kier alpha value is -2.91. The summed E-state index contributed by atoms with van der Waals surface area (Å²) in [7, 11) is 0. The van der Waals surface area contributed by atoms with E-state index < -0.39 is 24.5 Å².